The molecule has 1 amide bonds. The molecular formula is C22H26BrNO6. The highest BCUT2D eigenvalue weighted by molar-refractivity contribution is 9.10. The number of amides is 1. The summed E-state index contributed by atoms with van der Waals surface area (Å²) in [5.74, 6) is 0.163. The summed E-state index contributed by atoms with van der Waals surface area (Å²) in [4.78, 5) is 23.6. The maximum absolute atomic E-state index is 12.0. The number of carbonyl (C=O) groups is 2. The Bertz CT molecular complexity index is 893. The molecule has 162 valence electrons. The second-order valence-corrected chi connectivity index (χ2v) is 8.55. The number of alkyl carbamates (subject to hydrolysis) is 1. The van der Waals surface area contributed by atoms with Gasteiger partial charge in [-0.1, -0.05) is 28.1 Å². The highest BCUT2D eigenvalue weighted by atomic mass is 79.9. The highest BCUT2D eigenvalue weighted by Gasteiger charge is 2.24. The molecule has 30 heavy (non-hydrogen) atoms. The lowest BCUT2D eigenvalue weighted by atomic mass is 10.0. The van der Waals surface area contributed by atoms with Crippen molar-refractivity contribution in [3.8, 4) is 11.5 Å². The van der Waals surface area contributed by atoms with Gasteiger partial charge in [0.25, 0.3) is 0 Å². The molecule has 0 bridgehead atoms. The lowest BCUT2D eigenvalue weighted by molar-refractivity contribution is -0.139. The van der Waals surface area contributed by atoms with E-state index in [4.69, 9.17) is 14.2 Å². The maximum atomic E-state index is 12.0. The van der Waals surface area contributed by atoms with Crippen molar-refractivity contribution in [1.29, 1.82) is 0 Å². The van der Waals surface area contributed by atoms with Crippen LogP contribution in [0.5, 0.6) is 11.5 Å². The molecule has 0 aliphatic heterocycles. The van der Waals surface area contributed by atoms with Crippen LogP contribution in [0.15, 0.2) is 46.9 Å². The van der Waals surface area contributed by atoms with Crippen LogP contribution < -0.4 is 14.8 Å². The number of methoxy groups -OCH3 is 1. The number of carbonyl (C=O) groups excluding carboxylic acids is 1. The predicted molar refractivity (Wildman–Crippen MR) is 116 cm³/mol. The van der Waals surface area contributed by atoms with Crippen LogP contribution in [0.3, 0.4) is 0 Å². The fourth-order valence-electron chi connectivity index (χ4n) is 2.68. The van der Waals surface area contributed by atoms with E-state index in [2.05, 4.69) is 21.2 Å². The summed E-state index contributed by atoms with van der Waals surface area (Å²) in [5, 5.41) is 11.9. The molecule has 0 heterocycles. The van der Waals surface area contributed by atoms with Crippen molar-refractivity contribution in [2.45, 2.75) is 45.4 Å². The number of hydrogen-bond donors (Lipinski definition) is 2. The smallest absolute Gasteiger partial charge is 0.408 e. The molecule has 0 saturated carbocycles. The van der Waals surface area contributed by atoms with Crippen LogP contribution in [-0.4, -0.2) is 35.9 Å². The fourth-order valence-corrected chi connectivity index (χ4v) is 3.05. The molecule has 0 radical (unpaired) electrons. The molecule has 8 heteroatoms. The van der Waals surface area contributed by atoms with Crippen LogP contribution in [-0.2, 0) is 22.6 Å². The van der Waals surface area contributed by atoms with Gasteiger partial charge in [-0.2, -0.15) is 0 Å². The van der Waals surface area contributed by atoms with Crippen LogP contribution in [0.1, 0.15) is 31.9 Å². The number of hydrogen-bond acceptors (Lipinski definition) is 5. The van der Waals surface area contributed by atoms with Crippen molar-refractivity contribution in [2.75, 3.05) is 7.11 Å². The summed E-state index contributed by atoms with van der Waals surface area (Å²) >= 11 is 3.40. The van der Waals surface area contributed by atoms with E-state index in [1.54, 1.807) is 40.0 Å². The van der Waals surface area contributed by atoms with Gasteiger partial charge in [0, 0.05) is 16.5 Å². The Morgan fingerprint density at radius 3 is 2.50 bits per heavy atom. The van der Waals surface area contributed by atoms with Gasteiger partial charge in [0.05, 0.1) is 7.11 Å². The average molecular weight is 480 g/mol. The zero-order chi connectivity index (χ0) is 22.3. The first-order valence-corrected chi connectivity index (χ1v) is 10.1. The molecule has 0 saturated heterocycles. The number of rotatable bonds is 8. The van der Waals surface area contributed by atoms with Gasteiger partial charge in [0.15, 0.2) is 0 Å². The lowest BCUT2D eigenvalue weighted by Crippen LogP contribution is -2.44. The summed E-state index contributed by atoms with van der Waals surface area (Å²) in [5.41, 5.74) is 0.757. The van der Waals surface area contributed by atoms with Gasteiger partial charge in [-0.05, 0) is 56.7 Å². The van der Waals surface area contributed by atoms with Gasteiger partial charge >= 0.3 is 12.1 Å². The van der Waals surface area contributed by atoms with E-state index in [1.807, 2.05) is 30.3 Å². The molecule has 7 nitrogen and oxygen atoms in total. The molecule has 0 aliphatic carbocycles. The Hall–Kier alpha value is -2.74. The van der Waals surface area contributed by atoms with Crippen LogP contribution in [0.25, 0.3) is 0 Å². The van der Waals surface area contributed by atoms with Crippen LogP contribution in [0.2, 0.25) is 0 Å². The third-order valence-corrected chi connectivity index (χ3v) is 4.46. The lowest BCUT2D eigenvalue weighted by Gasteiger charge is -2.22. The van der Waals surface area contributed by atoms with Crippen molar-refractivity contribution in [1.82, 2.24) is 5.32 Å². The van der Waals surface area contributed by atoms with E-state index in [9.17, 15) is 14.7 Å². The Morgan fingerprint density at radius 1 is 1.17 bits per heavy atom. The van der Waals surface area contributed by atoms with E-state index in [-0.39, 0.29) is 13.0 Å². The van der Waals surface area contributed by atoms with E-state index in [1.165, 1.54) is 0 Å². The number of carboxylic acids is 1. The Morgan fingerprint density at radius 2 is 1.90 bits per heavy atom. The summed E-state index contributed by atoms with van der Waals surface area (Å²) in [6.07, 6.45) is -0.691. The molecule has 2 rings (SSSR count). The molecular weight excluding hydrogens is 454 g/mol. The first kappa shape index (κ1) is 23.5. The zero-order valence-electron chi connectivity index (χ0n) is 17.4. The summed E-state index contributed by atoms with van der Waals surface area (Å²) in [7, 11) is 1.56. The first-order valence-electron chi connectivity index (χ1n) is 9.34. The summed E-state index contributed by atoms with van der Waals surface area (Å²) in [6.45, 7) is 5.38. The number of ether oxygens (including phenoxy) is 3. The van der Waals surface area contributed by atoms with E-state index < -0.39 is 23.7 Å². The quantitative estimate of drug-likeness (QED) is 0.576. The maximum Gasteiger partial charge on any atom is 0.408 e. The second-order valence-electron chi connectivity index (χ2n) is 7.63. The second kappa shape index (κ2) is 10.3. The molecule has 1 atom stereocenters. The number of halogens is 1. The van der Waals surface area contributed by atoms with Crippen molar-refractivity contribution >= 4 is 28.0 Å². The van der Waals surface area contributed by atoms with E-state index >= 15 is 0 Å². The minimum Gasteiger partial charge on any atom is -0.496 e. The minimum atomic E-state index is -1.15. The zero-order valence-corrected chi connectivity index (χ0v) is 19.0. The highest BCUT2D eigenvalue weighted by Crippen LogP contribution is 2.24. The Labute approximate surface area is 184 Å². The van der Waals surface area contributed by atoms with Crippen molar-refractivity contribution in [3.05, 3.63) is 58.1 Å². The standard InChI is InChI=1S/C22H26BrNO6/c1-22(2,3)30-21(27)24-18(20(25)26)11-14-8-9-19(28-4)15(10-14)13-29-17-7-5-6-16(23)12-17/h5-10,12,18H,11,13H2,1-4H3,(H,24,27)(H,25,26). The third kappa shape index (κ3) is 7.59. The molecule has 2 aromatic carbocycles. The summed E-state index contributed by atoms with van der Waals surface area (Å²) in [6, 6.07) is 11.6. The van der Waals surface area contributed by atoms with Gasteiger partial charge in [0.2, 0.25) is 0 Å². The number of carboxylic acid groups (broad SMARTS) is 1. The minimum absolute atomic E-state index is 0.0858. The Kier molecular flexibility index (Phi) is 8.11. The molecule has 0 aliphatic rings. The number of aliphatic carboxylic acids is 1. The molecule has 0 spiro atoms. The predicted octanol–water partition coefficient (Wildman–Crippen LogP) is 4.56. The monoisotopic (exact) mass is 479 g/mol. The van der Waals surface area contributed by atoms with Crippen LogP contribution in [0, 0.1) is 0 Å². The van der Waals surface area contributed by atoms with E-state index in [0.717, 1.165) is 10.0 Å². The van der Waals surface area contributed by atoms with Crippen molar-refractivity contribution < 1.29 is 28.9 Å². The summed E-state index contributed by atoms with van der Waals surface area (Å²) < 4.78 is 17.3. The van der Waals surface area contributed by atoms with Gasteiger partial charge in [0.1, 0.15) is 29.7 Å². The van der Waals surface area contributed by atoms with Crippen molar-refractivity contribution in [3.63, 3.8) is 0 Å². The van der Waals surface area contributed by atoms with Gasteiger partial charge in [-0.25, -0.2) is 9.59 Å². The van der Waals surface area contributed by atoms with E-state index in [0.29, 0.717) is 17.1 Å². The normalized spacial score (nSPS) is 12.0. The third-order valence-electron chi connectivity index (χ3n) is 3.96. The number of benzene rings is 2. The molecule has 2 N–H and O–H groups in total. The molecule has 2 aromatic rings. The fraction of sp³-hybridized carbons (Fsp3) is 0.364. The van der Waals surface area contributed by atoms with Gasteiger partial charge in [-0.15, -0.1) is 0 Å². The topological polar surface area (TPSA) is 94.1 Å². The molecule has 1 unspecified atom stereocenters. The van der Waals surface area contributed by atoms with Gasteiger partial charge in [-0.3, -0.25) is 0 Å². The molecule has 0 aromatic heterocycles. The van der Waals surface area contributed by atoms with Crippen LogP contribution >= 0.6 is 15.9 Å². The SMILES string of the molecule is COc1ccc(CC(NC(=O)OC(C)(C)C)C(=O)O)cc1COc1cccc(Br)c1. The Balaban J connectivity index is 2.13. The van der Waals surface area contributed by atoms with Gasteiger partial charge < -0.3 is 24.6 Å². The largest absolute Gasteiger partial charge is 0.496 e. The number of nitrogens with one attached hydrogen (secondary N) is 1. The molecule has 0 fully saturated rings. The average Bonchev–Trinajstić information content (AvgIpc) is 2.64. The first-order chi connectivity index (χ1) is 14.1. The van der Waals surface area contributed by atoms with Crippen molar-refractivity contribution in [2.24, 2.45) is 0 Å². The van der Waals surface area contributed by atoms with Crippen LogP contribution in [0.4, 0.5) is 4.79 Å².